The second-order valence-corrected chi connectivity index (χ2v) is 6.79. The molecule has 0 unspecified atom stereocenters. The zero-order chi connectivity index (χ0) is 16.0. The summed E-state index contributed by atoms with van der Waals surface area (Å²) in [6.45, 7) is 10.5. The number of rotatable bonds is 9. The third-order valence-corrected chi connectivity index (χ3v) is 4.03. The van der Waals surface area contributed by atoms with Gasteiger partial charge in [0.2, 0.25) is 5.91 Å². The van der Waals surface area contributed by atoms with Gasteiger partial charge in [0.05, 0.1) is 12.0 Å². The van der Waals surface area contributed by atoms with Gasteiger partial charge in [-0.1, -0.05) is 0 Å². The molecular weight excluding hydrogens is 254 g/mol. The van der Waals surface area contributed by atoms with Gasteiger partial charge < -0.3 is 20.3 Å². The summed E-state index contributed by atoms with van der Waals surface area (Å²) >= 11 is 0. The van der Waals surface area contributed by atoms with Crippen LogP contribution in [-0.4, -0.2) is 68.7 Å². The molecule has 2 N–H and O–H groups in total. The molecule has 0 aliphatic heterocycles. The van der Waals surface area contributed by atoms with Crippen LogP contribution in [0, 0.1) is 5.41 Å². The topological polar surface area (TPSA) is 58.8 Å². The van der Waals surface area contributed by atoms with Crippen LogP contribution in [-0.2, 0) is 9.53 Å². The molecule has 5 heteroatoms. The molecule has 0 radical (unpaired) electrons. The van der Waals surface area contributed by atoms with Gasteiger partial charge in [-0.25, -0.2) is 0 Å². The van der Waals surface area contributed by atoms with Gasteiger partial charge in [0.25, 0.3) is 0 Å². The second kappa shape index (κ2) is 7.96. The second-order valence-electron chi connectivity index (χ2n) is 6.79. The fraction of sp³-hybridized carbons (Fsp3) is 0.933. The summed E-state index contributed by atoms with van der Waals surface area (Å²) in [4.78, 5) is 16.8. The normalized spacial score (nSPS) is 12.8. The van der Waals surface area contributed by atoms with Crippen molar-refractivity contribution in [3.63, 3.8) is 0 Å². The molecule has 0 saturated heterocycles. The van der Waals surface area contributed by atoms with Gasteiger partial charge in [0, 0.05) is 25.7 Å². The van der Waals surface area contributed by atoms with Crippen LogP contribution in [0.15, 0.2) is 0 Å². The van der Waals surface area contributed by atoms with E-state index in [-0.39, 0.29) is 5.91 Å². The maximum absolute atomic E-state index is 12.8. The summed E-state index contributed by atoms with van der Waals surface area (Å²) in [5.41, 5.74) is 5.01. The summed E-state index contributed by atoms with van der Waals surface area (Å²) in [5.74, 6) is 0.0980. The van der Waals surface area contributed by atoms with Crippen molar-refractivity contribution in [2.75, 3.05) is 47.4 Å². The van der Waals surface area contributed by atoms with Gasteiger partial charge in [-0.2, -0.15) is 0 Å². The first kappa shape index (κ1) is 19.4. The molecule has 0 aromatic rings. The SMILES string of the molecule is COCCN(CCCN(C)C)C(=O)C(C)(C)C(C)(C)N. The highest BCUT2D eigenvalue weighted by atomic mass is 16.5. The summed E-state index contributed by atoms with van der Waals surface area (Å²) in [7, 11) is 5.73. The highest BCUT2D eigenvalue weighted by Crippen LogP contribution is 2.30. The van der Waals surface area contributed by atoms with Crippen molar-refractivity contribution < 1.29 is 9.53 Å². The summed E-state index contributed by atoms with van der Waals surface area (Å²) in [6, 6.07) is 0. The lowest BCUT2D eigenvalue weighted by atomic mass is 9.74. The quantitative estimate of drug-likeness (QED) is 0.692. The summed E-state index contributed by atoms with van der Waals surface area (Å²) in [6.07, 6.45) is 0.948. The van der Waals surface area contributed by atoms with E-state index in [1.54, 1.807) is 7.11 Å². The molecule has 120 valence electrons. The van der Waals surface area contributed by atoms with Gasteiger partial charge >= 0.3 is 0 Å². The largest absolute Gasteiger partial charge is 0.383 e. The first-order valence-corrected chi connectivity index (χ1v) is 7.26. The number of nitrogens with zero attached hydrogens (tertiary/aromatic N) is 2. The lowest BCUT2D eigenvalue weighted by Gasteiger charge is -2.40. The van der Waals surface area contributed by atoms with Gasteiger partial charge in [-0.05, 0) is 54.8 Å². The minimum atomic E-state index is -0.598. The van der Waals surface area contributed by atoms with Crippen molar-refractivity contribution in [3.05, 3.63) is 0 Å². The first-order chi connectivity index (χ1) is 9.04. The van der Waals surface area contributed by atoms with Gasteiger partial charge in [0.1, 0.15) is 0 Å². The molecule has 0 aliphatic rings. The van der Waals surface area contributed by atoms with Gasteiger partial charge in [-0.3, -0.25) is 4.79 Å². The third-order valence-electron chi connectivity index (χ3n) is 4.03. The summed E-state index contributed by atoms with van der Waals surface area (Å²) in [5, 5.41) is 0. The molecule has 0 spiro atoms. The Kier molecular flexibility index (Phi) is 7.70. The Bertz CT molecular complexity index is 296. The van der Waals surface area contributed by atoms with Crippen LogP contribution in [0.5, 0.6) is 0 Å². The van der Waals surface area contributed by atoms with Gasteiger partial charge in [-0.15, -0.1) is 0 Å². The standard InChI is InChI=1S/C15H33N3O2/c1-14(2,15(3,4)16)13(19)18(11-12-20-7)10-8-9-17(5)6/h8-12,16H2,1-7H3. The molecule has 0 saturated carbocycles. The molecule has 20 heavy (non-hydrogen) atoms. The number of hydrogen-bond donors (Lipinski definition) is 1. The molecule has 0 heterocycles. The van der Waals surface area contributed by atoms with Crippen molar-refractivity contribution >= 4 is 5.91 Å². The van der Waals surface area contributed by atoms with Crippen LogP contribution in [0.1, 0.15) is 34.1 Å². The maximum Gasteiger partial charge on any atom is 0.230 e. The zero-order valence-corrected chi connectivity index (χ0v) is 14.3. The number of methoxy groups -OCH3 is 1. The van der Waals surface area contributed by atoms with E-state index in [4.69, 9.17) is 10.5 Å². The Morgan fingerprint density at radius 1 is 1.10 bits per heavy atom. The smallest absolute Gasteiger partial charge is 0.230 e. The van der Waals surface area contributed by atoms with E-state index in [1.807, 2.05) is 46.7 Å². The summed E-state index contributed by atoms with van der Waals surface area (Å²) < 4.78 is 5.11. The molecule has 0 atom stereocenters. The molecule has 0 aliphatic carbocycles. The first-order valence-electron chi connectivity index (χ1n) is 7.26. The fourth-order valence-corrected chi connectivity index (χ4v) is 1.77. The predicted octanol–water partition coefficient (Wildman–Crippen LogP) is 1.18. The van der Waals surface area contributed by atoms with E-state index in [2.05, 4.69) is 4.90 Å². The number of nitrogens with two attached hydrogens (primary N) is 1. The van der Waals surface area contributed by atoms with Crippen LogP contribution in [0.3, 0.4) is 0 Å². The Morgan fingerprint density at radius 3 is 2.05 bits per heavy atom. The van der Waals surface area contributed by atoms with E-state index in [1.165, 1.54) is 0 Å². The van der Waals surface area contributed by atoms with Crippen molar-refractivity contribution in [1.29, 1.82) is 0 Å². The highest BCUT2D eigenvalue weighted by molar-refractivity contribution is 5.83. The lowest BCUT2D eigenvalue weighted by Crippen LogP contribution is -2.57. The Balaban J connectivity index is 4.79. The van der Waals surface area contributed by atoms with Crippen LogP contribution in [0.25, 0.3) is 0 Å². The molecule has 0 aromatic carbocycles. The third kappa shape index (κ3) is 5.77. The number of carbonyl (C=O) groups excluding carboxylic acids is 1. The lowest BCUT2D eigenvalue weighted by molar-refractivity contribution is -0.144. The fourth-order valence-electron chi connectivity index (χ4n) is 1.77. The van der Waals surface area contributed by atoms with E-state index in [9.17, 15) is 4.79 Å². The average Bonchev–Trinajstić information content (AvgIpc) is 2.30. The molecule has 1 amide bonds. The minimum Gasteiger partial charge on any atom is -0.383 e. The van der Waals surface area contributed by atoms with Crippen molar-refractivity contribution in [3.8, 4) is 0 Å². The van der Waals surface area contributed by atoms with Crippen LogP contribution < -0.4 is 5.73 Å². The Hall–Kier alpha value is -0.650. The minimum absolute atomic E-state index is 0.0980. The average molecular weight is 287 g/mol. The van der Waals surface area contributed by atoms with Gasteiger partial charge in [0.15, 0.2) is 0 Å². The number of ether oxygens (including phenoxy) is 1. The Labute approximate surface area is 124 Å². The van der Waals surface area contributed by atoms with Crippen molar-refractivity contribution in [1.82, 2.24) is 9.80 Å². The molecule has 0 aromatic heterocycles. The monoisotopic (exact) mass is 287 g/mol. The molecule has 5 nitrogen and oxygen atoms in total. The molecule has 0 fully saturated rings. The van der Waals surface area contributed by atoms with E-state index < -0.39 is 11.0 Å². The number of carbonyl (C=O) groups is 1. The predicted molar refractivity (Wildman–Crippen MR) is 83.7 cm³/mol. The molecular formula is C15H33N3O2. The van der Waals surface area contributed by atoms with Crippen LogP contribution in [0.4, 0.5) is 0 Å². The zero-order valence-electron chi connectivity index (χ0n) is 14.3. The van der Waals surface area contributed by atoms with E-state index >= 15 is 0 Å². The van der Waals surface area contributed by atoms with E-state index in [0.29, 0.717) is 13.2 Å². The molecule has 0 rings (SSSR count). The maximum atomic E-state index is 12.8. The van der Waals surface area contributed by atoms with Crippen molar-refractivity contribution in [2.24, 2.45) is 11.1 Å². The van der Waals surface area contributed by atoms with Crippen LogP contribution >= 0.6 is 0 Å². The highest BCUT2D eigenvalue weighted by Gasteiger charge is 2.42. The van der Waals surface area contributed by atoms with Crippen molar-refractivity contribution in [2.45, 2.75) is 39.7 Å². The number of amides is 1. The number of hydrogen-bond acceptors (Lipinski definition) is 4. The molecule has 0 bridgehead atoms. The Morgan fingerprint density at radius 2 is 1.65 bits per heavy atom. The van der Waals surface area contributed by atoms with Crippen LogP contribution in [0.2, 0.25) is 0 Å². The van der Waals surface area contributed by atoms with E-state index in [0.717, 1.165) is 19.5 Å².